The van der Waals surface area contributed by atoms with E-state index in [1.807, 2.05) is 36.0 Å². The predicted molar refractivity (Wildman–Crippen MR) is 129 cm³/mol. The molecule has 0 N–H and O–H groups in total. The van der Waals surface area contributed by atoms with E-state index >= 15 is 0 Å². The van der Waals surface area contributed by atoms with Crippen LogP contribution in [0.5, 0.6) is 0 Å². The first-order chi connectivity index (χ1) is 15.0. The molecule has 0 bridgehead atoms. The molecule has 1 fully saturated rings. The average molecular weight is 453 g/mol. The molecule has 0 atom stereocenters. The third kappa shape index (κ3) is 5.21. The van der Waals surface area contributed by atoms with E-state index in [1.54, 1.807) is 22.9 Å². The molecule has 0 radical (unpaired) electrons. The van der Waals surface area contributed by atoms with Crippen molar-refractivity contribution in [2.45, 2.75) is 26.8 Å². The molecule has 1 aromatic carbocycles. The summed E-state index contributed by atoms with van der Waals surface area (Å²) in [6.45, 7) is 9.59. The van der Waals surface area contributed by atoms with Gasteiger partial charge < -0.3 is 4.90 Å². The number of aryl methyl sites for hydroxylation is 2. The van der Waals surface area contributed by atoms with E-state index in [-0.39, 0.29) is 18.0 Å². The number of nitriles is 1. The van der Waals surface area contributed by atoms with Gasteiger partial charge in [-0.15, -0.1) is 12.4 Å². The van der Waals surface area contributed by atoms with Crippen LogP contribution >= 0.6 is 12.4 Å². The minimum absolute atomic E-state index is 0. The standard InChI is InChI=1S/C24H28N6O.ClH/c1-19-8-9-26-23(16-19)28-14-12-27(13-15-28)10-3-11-29-24(31)17-20(2)30(29)22-6-4-21(18-25)5-7-22;/h4-9,16-17H,3,10-15H2,1-2H3;1H. The molecule has 1 aliphatic heterocycles. The minimum atomic E-state index is 0. The number of hydrogen-bond donors (Lipinski definition) is 0. The third-order valence-corrected chi connectivity index (χ3v) is 5.84. The Morgan fingerprint density at radius 2 is 1.72 bits per heavy atom. The van der Waals surface area contributed by atoms with Crippen molar-refractivity contribution in [3.63, 3.8) is 0 Å². The van der Waals surface area contributed by atoms with Gasteiger partial charge in [0.05, 0.1) is 17.3 Å². The molecule has 32 heavy (non-hydrogen) atoms. The first-order valence-corrected chi connectivity index (χ1v) is 10.7. The van der Waals surface area contributed by atoms with Gasteiger partial charge in [-0.25, -0.2) is 9.67 Å². The Bertz CT molecular complexity index is 1140. The summed E-state index contributed by atoms with van der Waals surface area (Å²) in [6.07, 6.45) is 2.78. The highest BCUT2D eigenvalue weighted by atomic mass is 35.5. The Hall–Kier alpha value is -3.08. The molecule has 0 spiro atoms. The largest absolute Gasteiger partial charge is 0.354 e. The lowest BCUT2D eigenvalue weighted by Crippen LogP contribution is -2.47. The molecule has 1 aliphatic rings. The highest BCUT2D eigenvalue weighted by molar-refractivity contribution is 5.85. The summed E-state index contributed by atoms with van der Waals surface area (Å²) >= 11 is 0. The Labute approximate surface area is 194 Å². The van der Waals surface area contributed by atoms with Gasteiger partial charge in [0.1, 0.15) is 5.82 Å². The van der Waals surface area contributed by atoms with Crippen molar-refractivity contribution in [1.29, 1.82) is 5.26 Å². The van der Waals surface area contributed by atoms with Gasteiger partial charge in [0, 0.05) is 57.2 Å². The van der Waals surface area contributed by atoms with E-state index in [0.717, 1.165) is 56.3 Å². The molecule has 2 aromatic heterocycles. The number of rotatable bonds is 6. The fourth-order valence-corrected chi connectivity index (χ4v) is 4.17. The van der Waals surface area contributed by atoms with Crippen LogP contribution in [0.25, 0.3) is 5.69 Å². The quantitative estimate of drug-likeness (QED) is 0.574. The lowest BCUT2D eigenvalue weighted by molar-refractivity contribution is 0.247. The number of nitrogens with zero attached hydrogens (tertiary/aromatic N) is 6. The topological polar surface area (TPSA) is 70.1 Å². The van der Waals surface area contributed by atoms with Crippen molar-refractivity contribution in [2.75, 3.05) is 37.6 Å². The first-order valence-electron chi connectivity index (χ1n) is 10.7. The smallest absolute Gasteiger partial charge is 0.267 e. The number of hydrogen-bond acceptors (Lipinski definition) is 5. The van der Waals surface area contributed by atoms with Crippen LogP contribution in [0.3, 0.4) is 0 Å². The molecule has 0 saturated carbocycles. The van der Waals surface area contributed by atoms with Crippen LogP contribution in [0.15, 0.2) is 53.5 Å². The molecule has 0 amide bonds. The third-order valence-electron chi connectivity index (χ3n) is 5.84. The van der Waals surface area contributed by atoms with Crippen LogP contribution in [-0.2, 0) is 6.54 Å². The summed E-state index contributed by atoms with van der Waals surface area (Å²) in [5.74, 6) is 1.06. The van der Waals surface area contributed by atoms with Crippen molar-refractivity contribution >= 4 is 18.2 Å². The number of pyridine rings is 1. The molecular formula is C24H29ClN6O. The van der Waals surface area contributed by atoms with E-state index in [2.05, 4.69) is 33.8 Å². The summed E-state index contributed by atoms with van der Waals surface area (Å²) in [5, 5.41) is 9.02. The van der Waals surface area contributed by atoms with Crippen LogP contribution in [0.1, 0.15) is 23.2 Å². The second-order valence-corrected chi connectivity index (χ2v) is 8.09. The van der Waals surface area contributed by atoms with Gasteiger partial charge >= 0.3 is 0 Å². The van der Waals surface area contributed by atoms with E-state index in [1.165, 1.54) is 5.56 Å². The van der Waals surface area contributed by atoms with Gasteiger partial charge in [0.2, 0.25) is 0 Å². The van der Waals surface area contributed by atoms with Crippen molar-refractivity contribution < 1.29 is 0 Å². The summed E-state index contributed by atoms with van der Waals surface area (Å²) in [4.78, 5) is 21.8. The SMILES string of the molecule is Cc1ccnc(N2CCN(CCCn3c(=O)cc(C)n3-c3ccc(C#N)cc3)CC2)c1.Cl. The predicted octanol–water partition coefficient (Wildman–Crippen LogP) is 3.16. The highest BCUT2D eigenvalue weighted by Crippen LogP contribution is 2.15. The zero-order valence-corrected chi connectivity index (χ0v) is 19.4. The monoisotopic (exact) mass is 452 g/mol. The number of halogens is 1. The van der Waals surface area contributed by atoms with Crippen molar-refractivity contribution in [2.24, 2.45) is 0 Å². The Balaban J connectivity index is 0.00000289. The van der Waals surface area contributed by atoms with E-state index in [0.29, 0.717) is 12.1 Å². The zero-order valence-electron chi connectivity index (χ0n) is 18.6. The molecule has 168 valence electrons. The molecule has 8 heteroatoms. The summed E-state index contributed by atoms with van der Waals surface area (Å²) in [7, 11) is 0. The summed E-state index contributed by atoms with van der Waals surface area (Å²) in [6, 6.07) is 15.3. The van der Waals surface area contributed by atoms with Crippen molar-refractivity contribution in [3.05, 3.63) is 75.8 Å². The van der Waals surface area contributed by atoms with E-state index in [9.17, 15) is 4.79 Å². The summed E-state index contributed by atoms with van der Waals surface area (Å²) in [5.41, 5.74) is 3.66. The summed E-state index contributed by atoms with van der Waals surface area (Å²) < 4.78 is 3.74. The Kier molecular flexibility index (Phi) is 7.73. The maximum atomic E-state index is 12.5. The number of anilines is 1. The molecule has 0 aliphatic carbocycles. The van der Waals surface area contributed by atoms with Gasteiger partial charge in [0.25, 0.3) is 5.56 Å². The first kappa shape index (κ1) is 23.6. The van der Waals surface area contributed by atoms with Gasteiger partial charge in [-0.1, -0.05) is 0 Å². The van der Waals surface area contributed by atoms with Crippen LogP contribution in [-0.4, -0.2) is 52.0 Å². The zero-order chi connectivity index (χ0) is 21.8. The van der Waals surface area contributed by atoms with Gasteiger partial charge in [-0.3, -0.25) is 14.4 Å². The Morgan fingerprint density at radius 1 is 1.00 bits per heavy atom. The second kappa shape index (κ2) is 10.5. The molecule has 0 unspecified atom stereocenters. The van der Waals surface area contributed by atoms with E-state index < -0.39 is 0 Å². The molecule has 7 nitrogen and oxygen atoms in total. The molecule has 4 rings (SSSR count). The lowest BCUT2D eigenvalue weighted by atomic mass is 10.2. The molecule has 1 saturated heterocycles. The van der Waals surface area contributed by atoms with Crippen molar-refractivity contribution in [3.8, 4) is 11.8 Å². The molecule has 3 aromatic rings. The fraction of sp³-hybridized carbons (Fsp3) is 0.375. The number of benzene rings is 1. The van der Waals surface area contributed by atoms with Gasteiger partial charge in [-0.05, 0) is 62.2 Å². The van der Waals surface area contributed by atoms with Gasteiger partial charge in [0.15, 0.2) is 0 Å². The maximum absolute atomic E-state index is 12.5. The van der Waals surface area contributed by atoms with Crippen LogP contribution in [0.4, 0.5) is 5.82 Å². The minimum Gasteiger partial charge on any atom is -0.354 e. The maximum Gasteiger partial charge on any atom is 0.267 e. The fourth-order valence-electron chi connectivity index (χ4n) is 4.17. The number of piperazine rings is 1. The normalized spacial score (nSPS) is 14.1. The molecule has 3 heterocycles. The second-order valence-electron chi connectivity index (χ2n) is 8.09. The average Bonchev–Trinajstić information content (AvgIpc) is 3.07. The highest BCUT2D eigenvalue weighted by Gasteiger charge is 2.18. The Morgan fingerprint density at radius 3 is 2.38 bits per heavy atom. The van der Waals surface area contributed by atoms with E-state index in [4.69, 9.17) is 5.26 Å². The van der Waals surface area contributed by atoms with Crippen LogP contribution in [0.2, 0.25) is 0 Å². The van der Waals surface area contributed by atoms with Gasteiger partial charge in [-0.2, -0.15) is 5.26 Å². The van der Waals surface area contributed by atoms with Crippen LogP contribution in [0, 0.1) is 25.2 Å². The lowest BCUT2D eigenvalue weighted by Gasteiger charge is -2.35. The number of aromatic nitrogens is 3. The molecular weight excluding hydrogens is 424 g/mol. The van der Waals surface area contributed by atoms with Crippen LogP contribution < -0.4 is 10.5 Å². The van der Waals surface area contributed by atoms with Crippen molar-refractivity contribution in [1.82, 2.24) is 19.2 Å².